The van der Waals surface area contributed by atoms with Crippen LogP contribution in [0.5, 0.6) is 5.75 Å². The fourth-order valence-electron chi connectivity index (χ4n) is 1.87. The molecule has 2 N–H and O–H groups in total. The van der Waals surface area contributed by atoms with Crippen molar-refractivity contribution < 1.29 is 9.53 Å². The number of nitrogens with one attached hydrogen (secondary N) is 2. The molecule has 100 valence electrons. The molecule has 0 aliphatic rings. The second-order valence-corrected chi connectivity index (χ2v) is 4.43. The maximum atomic E-state index is 11.0. The van der Waals surface area contributed by atoms with Crippen molar-refractivity contribution >= 4 is 17.3 Å². The van der Waals surface area contributed by atoms with Crippen LogP contribution >= 0.6 is 0 Å². The minimum Gasteiger partial charge on any atom is -0.495 e. The molecule has 0 radical (unpaired) electrons. The number of hydrogen-bond donors (Lipinski definition) is 2. The van der Waals surface area contributed by atoms with Crippen LogP contribution in [0, 0.1) is 0 Å². The highest BCUT2D eigenvalue weighted by Gasteiger charge is 2.08. The van der Waals surface area contributed by atoms with Crippen LogP contribution < -0.4 is 15.4 Å². The number of amides is 1. The summed E-state index contributed by atoms with van der Waals surface area (Å²) in [6.45, 7) is 5.79. The van der Waals surface area contributed by atoms with E-state index in [1.165, 1.54) is 6.92 Å². The first-order valence-corrected chi connectivity index (χ1v) is 6.29. The Morgan fingerprint density at radius 3 is 2.72 bits per heavy atom. The van der Waals surface area contributed by atoms with Gasteiger partial charge in [0.25, 0.3) is 0 Å². The van der Waals surface area contributed by atoms with Gasteiger partial charge in [-0.2, -0.15) is 0 Å². The fourth-order valence-corrected chi connectivity index (χ4v) is 1.87. The fraction of sp³-hybridized carbons (Fsp3) is 0.500. The van der Waals surface area contributed by atoms with Gasteiger partial charge in [-0.3, -0.25) is 4.79 Å². The van der Waals surface area contributed by atoms with Gasteiger partial charge in [0.1, 0.15) is 5.75 Å². The van der Waals surface area contributed by atoms with Crippen molar-refractivity contribution in [1.29, 1.82) is 0 Å². The standard InChI is InChI=1S/C14H22N2O2/c1-5-6-10(2)15-13-9-12(16-11(3)17)7-8-14(13)18-4/h7-10,15H,5-6H2,1-4H3,(H,16,17). The summed E-state index contributed by atoms with van der Waals surface area (Å²) in [7, 11) is 1.64. The molecule has 0 saturated heterocycles. The average Bonchev–Trinajstić information content (AvgIpc) is 2.28. The van der Waals surface area contributed by atoms with Crippen molar-refractivity contribution in [3.63, 3.8) is 0 Å². The zero-order valence-electron chi connectivity index (χ0n) is 11.5. The lowest BCUT2D eigenvalue weighted by atomic mass is 10.1. The first kappa shape index (κ1) is 14.4. The van der Waals surface area contributed by atoms with Crippen LogP contribution in [0.25, 0.3) is 0 Å². The highest BCUT2D eigenvalue weighted by atomic mass is 16.5. The van der Waals surface area contributed by atoms with Crippen LogP contribution in [-0.2, 0) is 4.79 Å². The number of rotatable bonds is 6. The van der Waals surface area contributed by atoms with Crippen molar-refractivity contribution in [2.75, 3.05) is 17.7 Å². The van der Waals surface area contributed by atoms with Crippen molar-refractivity contribution in [2.24, 2.45) is 0 Å². The summed E-state index contributed by atoms with van der Waals surface area (Å²) in [4.78, 5) is 11.0. The van der Waals surface area contributed by atoms with Crippen molar-refractivity contribution in [3.05, 3.63) is 18.2 Å². The Hall–Kier alpha value is -1.71. The number of carbonyl (C=O) groups excluding carboxylic acids is 1. The normalized spacial score (nSPS) is 11.8. The van der Waals surface area contributed by atoms with E-state index in [9.17, 15) is 4.79 Å². The number of anilines is 2. The summed E-state index contributed by atoms with van der Waals surface area (Å²) in [5, 5.41) is 6.17. The van der Waals surface area contributed by atoms with E-state index >= 15 is 0 Å². The monoisotopic (exact) mass is 250 g/mol. The molecule has 0 aliphatic heterocycles. The zero-order chi connectivity index (χ0) is 13.5. The Balaban J connectivity index is 2.87. The molecule has 1 atom stereocenters. The van der Waals surface area contributed by atoms with Gasteiger partial charge in [-0.15, -0.1) is 0 Å². The predicted molar refractivity (Wildman–Crippen MR) is 75.3 cm³/mol. The highest BCUT2D eigenvalue weighted by molar-refractivity contribution is 5.89. The first-order chi connectivity index (χ1) is 8.56. The summed E-state index contributed by atoms with van der Waals surface area (Å²) < 4.78 is 5.31. The Bertz CT molecular complexity index is 405. The smallest absolute Gasteiger partial charge is 0.221 e. The van der Waals surface area contributed by atoms with E-state index < -0.39 is 0 Å². The molecule has 1 rings (SSSR count). The van der Waals surface area contributed by atoms with E-state index in [1.807, 2.05) is 18.2 Å². The third-order valence-electron chi connectivity index (χ3n) is 2.64. The molecule has 0 fully saturated rings. The zero-order valence-corrected chi connectivity index (χ0v) is 11.5. The molecule has 1 aromatic rings. The minimum absolute atomic E-state index is 0.0762. The lowest BCUT2D eigenvalue weighted by Crippen LogP contribution is -2.15. The summed E-state index contributed by atoms with van der Waals surface area (Å²) in [5.41, 5.74) is 1.68. The first-order valence-electron chi connectivity index (χ1n) is 6.29. The topological polar surface area (TPSA) is 50.4 Å². The third kappa shape index (κ3) is 4.28. The maximum absolute atomic E-state index is 11.0. The number of benzene rings is 1. The second kappa shape index (κ2) is 6.89. The maximum Gasteiger partial charge on any atom is 0.221 e. The molecule has 4 nitrogen and oxygen atoms in total. The van der Waals surface area contributed by atoms with Gasteiger partial charge in [0, 0.05) is 18.7 Å². The number of ether oxygens (including phenoxy) is 1. The number of hydrogen-bond acceptors (Lipinski definition) is 3. The van der Waals surface area contributed by atoms with Gasteiger partial charge in [-0.25, -0.2) is 0 Å². The largest absolute Gasteiger partial charge is 0.495 e. The van der Waals surface area contributed by atoms with Crippen molar-refractivity contribution in [1.82, 2.24) is 0 Å². The quantitative estimate of drug-likeness (QED) is 0.814. The molecule has 4 heteroatoms. The summed E-state index contributed by atoms with van der Waals surface area (Å²) in [5.74, 6) is 0.708. The molecule has 18 heavy (non-hydrogen) atoms. The van der Waals surface area contributed by atoms with E-state index in [2.05, 4.69) is 24.5 Å². The highest BCUT2D eigenvalue weighted by Crippen LogP contribution is 2.28. The lowest BCUT2D eigenvalue weighted by Gasteiger charge is -2.18. The number of carbonyl (C=O) groups is 1. The van der Waals surface area contributed by atoms with E-state index in [0.29, 0.717) is 6.04 Å². The van der Waals surface area contributed by atoms with Crippen molar-refractivity contribution in [3.8, 4) is 5.75 Å². The molecule has 0 bridgehead atoms. The third-order valence-corrected chi connectivity index (χ3v) is 2.64. The summed E-state index contributed by atoms with van der Waals surface area (Å²) >= 11 is 0. The summed E-state index contributed by atoms with van der Waals surface area (Å²) in [6.07, 6.45) is 2.22. The molecule has 1 unspecified atom stereocenters. The molecule has 1 aromatic carbocycles. The van der Waals surface area contributed by atoms with Crippen LogP contribution in [0.4, 0.5) is 11.4 Å². The van der Waals surface area contributed by atoms with Crippen LogP contribution in [0.1, 0.15) is 33.6 Å². The minimum atomic E-state index is -0.0762. The molecule has 0 spiro atoms. The van der Waals surface area contributed by atoms with E-state index in [-0.39, 0.29) is 5.91 Å². The molecular weight excluding hydrogens is 228 g/mol. The predicted octanol–water partition coefficient (Wildman–Crippen LogP) is 3.25. The van der Waals surface area contributed by atoms with E-state index in [0.717, 1.165) is 30.0 Å². The van der Waals surface area contributed by atoms with Gasteiger partial charge in [0.2, 0.25) is 5.91 Å². The van der Waals surface area contributed by atoms with Gasteiger partial charge in [-0.1, -0.05) is 13.3 Å². The Morgan fingerprint density at radius 1 is 1.44 bits per heavy atom. The summed E-state index contributed by atoms with van der Waals surface area (Å²) in [6, 6.07) is 5.95. The molecule has 0 heterocycles. The van der Waals surface area contributed by atoms with Gasteiger partial charge in [0.15, 0.2) is 0 Å². The molecule has 0 aliphatic carbocycles. The van der Waals surface area contributed by atoms with Gasteiger partial charge in [0.05, 0.1) is 12.8 Å². The van der Waals surface area contributed by atoms with Crippen LogP contribution in [0.15, 0.2) is 18.2 Å². The van der Waals surface area contributed by atoms with Crippen LogP contribution in [0.2, 0.25) is 0 Å². The number of methoxy groups -OCH3 is 1. The van der Waals surface area contributed by atoms with Gasteiger partial charge in [-0.05, 0) is 31.5 Å². The van der Waals surface area contributed by atoms with Gasteiger partial charge >= 0.3 is 0 Å². The van der Waals surface area contributed by atoms with E-state index in [4.69, 9.17) is 4.74 Å². The second-order valence-electron chi connectivity index (χ2n) is 4.43. The van der Waals surface area contributed by atoms with Crippen molar-refractivity contribution in [2.45, 2.75) is 39.7 Å². The Labute approximate surface area is 109 Å². The lowest BCUT2D eigenvalue weighted by molar-refractivity contribution is -0.114. The van der Waals surface area contributed by atoms with Gasteiger partial charge < -0.3 is 15.4 Å². The molecule has 1 amide bonds. The Morgan fingerprint density at radius 2 is 2.17 bits per heavy atom. The molecule has 0 saturated carbocycles. The Kier molecular flexibility index (Phi) is 5.49. The van der Waals surface area contributed by atoms with Crippen LogP contribution in [0.3, 0.4) is 0 Å². The van der Waals surface area contributed by atoms with E-state index in [1.54, 1.807) is 7.11 Å². The molecular formula is C14H22N2O2. The molecule has 0 aromatic heterocycles. The van der Waals surface area contributed by atoms with Crippen LogP contribution in [-0.4, -0.2) is 19.1 Å². The SMILES string of the molecule is CCCC(C)Nc1cc(NC(C)=O)ccc1OC. The average molecular weight is 250 g/mol.